The number of nitrogens with two attached hydrogens (primary N) is 1. The molecule has 0 radical (unpaired) electrons. The Labute approximate surface area is 250 Å². The van der Waals surface area contributed by atoms with Gasteiger partial charge in [0.15, 0.2) is 11.5 Å². The number of methoxy groups -OCH3 is 3. The number of ether oxygens (including phenoxy) is 3. The van der Waals surface area contributed by atoms with Gasteiger partial charge >= 0.3 is 0 Å². The molecule has 1 amide bonds. The topological polar surface area (TPSA) is 121 Å². The number of benzene rings is 3. The van der Waals surface area contributed by atoms with Crippen LogP contribution in [0.3, 0.4) is 0 Å². The van der Waals surface area contributed by atoms with Gasteiger partial charge in [-0.3, -0.25) is 4.79 Å². The Morgan fingerprint density at radius 3 is 2.30 bits per heavy atom. The number of aromatic nitrogens is 2. The van der Waals surface area contributed by atoms with E-state index < -0.39 is 23.1 Å². The Bertz CT molecular complexity index is 1720. The standard InChI is InChI=1S/C31H27F2N5O4S/c1-40-24-15-19(16-25(41-2)28(24)42-3)37-31-35-13-12-23(38-31)29-20(10-11-26(34)43-29)17-6-4-7-18(14-17)36-30(39)27-21(32)8-5-9-22(27)33/h4-9,11-16H,10,34H2,1-3H3,(H,36,39)(H,35,37,38). The van der Waals surface area contributed by atoms with Crippen molar-refractivity contribution in [3.05, 3.63) is 106 Å². The average Bonchev–Trinajstić information content (AvgIpc) is 3.00. The summed E-state index contributed by atoms with van der Waals surface area (Å²) in [6.45, 7) is 0. The summed E-state index contributed by atoms with van der Waals surface area (Å²) in [5.41, 5.74) is 8.83. The van der Waals surface area contributed by atoms with Crippen LogP contribution in [0.5, 0.6) is 17.2 Å². The first-order chi connectivity index (χ1) is 20.8. The molecule has 43 heavy (non-hydrogen) atoms. The van der Waals surface area contributed by atoms with Crippen LogP contribution in [0.1, 0.15) is 28.0 Å². The molecule has 9 nitrogen and oxygen atoms in total. The van der Waals surface area contributed by atoms with Crippen LogP contribution in [0.4, 0.5) is 26.1 Å². The molecule has 1 aliphatic heterocycles. The summed E-state index contributed by atoms with van der Waals surface area (Å²) in [5.74, 6) is -1.06. The third kappa shape index (κ3) is 6.38. The highest BCUT2D eigenvalue weighted by atomic mass is 32.2. The molecule has 12 heteroatoms. The van der Waals surface area contributed by atoms with E-state index in [2.05, 4.69) is 15.6 Å². The lowest BCUT2D eigenvalue weighted by Crippen LogP contribution is -2.16. The van der Waals surface area contributed by atoms with Crippen LogP contribution in [0.15, 0.2) is 78.0 Å². The number of hydrogen-bond acceptors (Lipinski definition) is 9. The summed E-state index contributed by atoms with van der Waals surface area (Å²) < 4.78 is 44.6. The van der Waals surface area contributed by atoms with Crippen molar-refractivity contribution in [2.24, 2.45) is 5.73 Å². The largest absolute Gasteiger partial charge is 0.493 e. The van der Waals surface area contributed by atoms with Crippen LogP contribution in [0.2, 0.25) is 0 Å². The zero-order valence-electron chi connectivity index (χ0n) is 23.4. The molecule has 0 spiro atoms. The highest BCUT2D eigenvalue weighted by Gasteiger charge is 2.21. The predicted molar refractivity (Wildman–Crippen MR) is 163 cm³/mol. The first-order valence-corrected chi connectivity index (χ1v) is 13.8. The summed E-state index contributed by atoms with van der Waals surface area (Å²) in [6.07, 6.45) is 4.01. The van der Waals surface area contributed by atoms with Crippen LogP contribution < -0.4 is 30.6 Å². The molecule has 5 rings (SSSR count). The van der Waals surface area contributed by atoms with Crippen molar-refractivity contribution < 1.29 is 27.8 Å². The molecule has 4 N–H and O–H groups in total. The van der Waals surface area contributed by atoms with Crippen LogP contribution in [-0.2, 0) is 0 Å². The second-order valence-electron chi connectivity index (χ2n) is 9.16. The second-order valence-corrected chi connectivity index (χ2v) is 10.2. The van der Waals surface area contributed by atoms with E-state index >= 15 is 0 Å². The number of carbonyl (C=O) groups is 1. The number of amides is 1. The van der Waals surface area contributed by atoms with Gasteiger partial charge in [-0.2, -0.15) is 0 Å². The Morgan fingerprint density at radius 2 is 1.63 bits per heavy atom. The molecule has 0 unspecified atom stereocenters. The Balaban J connectivity index is 1.47. The van der Waals surface area contributed by atoms with Crippen LogP contribution in [-0.4, -0.2) is 37.2 Å². The molecule has 0 atom stereocenters. The van der Waals surface area contributed by atoms with E-state index in [1.807, 2.05) is 12.1 Å². The number of halogens is 2. The molecule has 1 aromatic heterocycles. The first-order valence-electron chi connectivity index (χ1n) is 12.9. The van der Waals surface area contributed by atoms with Crippen molar-refractivity contribution >= 4 is 45.5 Å². The maximum absolute atomic E-state index is 14.2. The lowest BCUT2D eigenvalue weighted by molar-refractivity contribution is 0.101. The predicted octanol–water partition coefficient (Wildman–Crippen LogP) is 6.58. The van der Waals surface area contributed by atoms with E-state index in [1.54, 1.807) is 42.6 Å². The quantitative estimate of drug-likeness (QED) is 0.195. The molecule has 3 aromatic carbocycles. The summed E-state index contributed by atoms with van der Waals surface area (Å²) in [6, 6.07) is 15.5. The summed E-state index contributed by atoms with van der Waals surface area (Å²) in [5, 5.41) is 6.38. The van der Waals surface area contributed by atoms with E-state index in [-0.39, 0.29) is 0 Å². The minimum Gasteiger partial charge on any atom is -0.493 e. The normalized spacial score (nSPS) is 12.8. The van der Waals surface area contributed by atoms with Gasteiger partial charge in [-0.1, -0.05) is 30.0 Å². The van der Waals surface area contributed by atoms with Gasteiger partial charge < -0.3 is 30.6 Å². The zero-order valence-corrected chi connectivity index (χ0v) is 24.2. The molecule has 0 bridgehead atoms. The molecule has 1 aliphatic rings. The Morgan fingerprint density at radius 1 is 0.930 bits per heavy atom. The molecular weight excluding hydrogens is 576 g/mol. The van der Waals surface area contributed by atoms with Gasteiger partial charge in [0.1, 0.15) is 17.2 Å². The van der Waals surface area contributed by atoms with Gasteiger partial charge in [0.05, 0.1) is 32.1 Å². The first kappa shape index (κ1) is 29.4. The van der Waals surface area contributed by atoms with Crippen LogP contribution in [0.25, 0.3) is 10.5 Å². The monoisotopic (exact) mass is 603 g/mol. The fourth-order valence-electron chi connectivity index (χ4n) is 4.49. The van der Waals surface area contributed by atoms with Crippen molar-refractivity contribution in [2.75, 3.05) is 32.0 Å². The van der Waals surface area contributed by atoms with Crippen molar-refractivity contribution in [1.82, 2.24) is 9.97 Å². The van der Waals surface area contributed by atoms with E-state index in [4.69, 9.17) is 24.9 Å². The maximum atomic E-state index is 14.2. The van der Waals surface area contributed by atoms with E-state index in [0.717, 1.165) is 28.2 Å². The Kier molecular flexibility index (Phi) is 8.77. The lowest BCUT2D eigenvalue weighted by Gasteiger charge is -2.20. The fourth-order valence-corrected chi connectivity index (χ4v) is 5.44. The summed E-state index contributed by atoms with van der Waals surface area (Å²) in [7, 11) is 4.59. The average molecular weight is 604 g/mol. The van der Waals surface area contributed by atoms with Gasteiger partial charge in [-0.15, -0.1) is 0 Å². The second kappa shape index (κ2) is 12.8. The molecule has 0 fully saturated rings. The molecule has 0 saturated heterocycles. The third-order valence-corrected chi connectivity index (χ3v) is 7.53. The number of rotatable bonds is 9. The zero-order chi connectivity index (χ0) is 30.5. The van der Waals surface area contributed by atoms with Crippen LogP contribution >= 0.6 is 11.8 Å². The lowest BCUT2D eigenvalue weighted by atomic mass is 10.00. The molecule has 4 aromatic rings. The van der Waals surface area contributed by atoms with Crippen LogP contribution in [0, 0.1) is 11.6 Å². The van der Waals surface area contributed by atoms with Crippen molar-refractivity contribution in [1.29, 1.82) is 0 Å². The molecule has 0 saturated carbocycles. The van der Waals surface area contributed by atoms with E-state index in [1.165, 1.54) is 39.2 Å². The molecule has 2 heterocycles. The van der Waals surface area contributed by atoms with Gasteiger partial charge in [-0.05, 0) is 54.0 Å². The SMILES string of the molecule is COc1cc(Nc2nccc(C3=C(c4cccc(NC(=O)c5c(F)cccc5F)c4)CC=C(N)S3)n2)cc(OC)c1OC. The number of carbonyl (C=O) groups excluding carboxylic acids is 1. The van der Waals surface area contributed by atoms with Gasteiger partial charge in [0, 0.05) is 34.6 Å². The number of allylic oxidation sites excluding steroid dienone is 2. The van der Waals surface area contributed by atoms with Gasteiger partial charge in [0.2, 0.25) is 11.7 Å². The van der Waals surface area contributed by atoms with E-state index in [0.29, 0.717) is 51.7 Å². The minimum absolute atomic E-state index is 0.320. The highest BCUT2D eigenvalue weighted by molar-refractivity contribution is 8.12. The number of thioether (sulfide) groups is 1. The number of hydrogen-bond donors (Lipinski definition) is 3. The fraction of sp³-hybridized carbons (Fsp3) is 0.129. The third-order valence-electron chi connectivity index (χ3n) is 6.47. The summed E-state index contributed by atoms with van der Waals surface area (Å²) >= 11 is 1.35. The van der Waals surface area contributed by atoms with Gasteiger partial charge in [0.25, 0.3) is 5.91 Å². The van der Waals surface area contributed by atoms with Crippen molar-refractivity contribution in [2.45, 2.75) is 6.42 Å². The number of anilines is 3. The number of nitrogens with one attached hydrogen (secondary N) is 2. The summed E-state index contributed by atoms with van der Waals surface area (Å²) in [4.78, 5) is 22.6. The molecule has 0 aliphatic carbocycles. The van der Waals surface area contributed by atoms with Crippen molar-refractivity contribution in [3.63, 3.8) is 0 Å². The van der Waals surface area contributed by atoms with Gasteiger partial charge in [-0.25, -0.2) is 18.7 Å². The highest BCUT2D eigenvalue weighted by Crippen LogP contribution is 2.44. The molecular formula is C31H27F2N5O4S. The number of nitrogens with zero attached hydrogens (tertiary/aromatic N) is 2. The minimum atomic E-state index is -0.942. The smallest absolute Gasteiger partial charge is 0.261 e. The van der Waals surface area contributed by atoms with E-state index in [9.17, 15) is 13.6 Å². The molecule has 220 valence electrons. The Hall–Kier alpha value is -5.10. The van der Waals surface area contributed by atoms with Crippen molar-refractivity contribution in [3.8, 4) is 17.2 Å². The maximum Gasteiger partial charge on any atom is 0.261 e.